The smallest absolute Gasteiger partial charge is 0.0708 e. The van der Waals surface area contributed by atoms with Crippen molar-refractivity contribution in [2.24, 2.45) is 0 Å². The van der Waals surface area contributed by atoms with Gasteiger partial charge in [-0.3, -0.25) is 9.88 Å². The number of pyridine rings is 1. The molecule has 0 saturated heterocycles. The number of fused-ring (bicyclic) bond motifs is 2. The van der Waals surface area contributed by atoms with Crippen LogP contribution >= 0.6 is 11.6 Å². The first-order valence-corrected chi connectivity index (χ1v) is 8.40. The van der Waals surface area contributed by atoms with Crippen LogP contribution in [0.4, 0.5) is 0 Å². The summed E-state index contributed by atoms with van der Waals surface area (Å²) < 4.78 is 0. The van der Waals surface area contributed by atoms with E-state index < -0.39 is 0 Å². The van der Waals surface area contributed by atoms with Crippen molar-refractivity contribution in [1.82, 2.24) is 9.88 Å². The standard InChI is InChI=1S/C18H23ClN2/c1-4-21-8-7-18-16(11-21)15(10-19)14-9-13(12(2)3)5-6-17(14)20-18/h5-6,9,12H,4,7-8,10-11H2,1-3H3. The lowest BCUT2D eigenvalue weighted by Gasteiger charge is -2.29. The first-order valence-electron chi connectivity index (χ1n) is 7.86. The topological polar surface area (TPSA) is 16.1 Å². The van der Waals surface area contributed by atoms with E-state index in [0.717, 1.165) is 31.6 Å². The van der Waals surface area contributed by atoms with Gasteiger partial charge >= 0.3 is 0 Å². The van der Waals surface area contributed by atoms with E-state index in [1.54, 1.807) is 0 Å². The van der Waals surface area contributed by atoms with Gasteiger partial charge in [-0.05, 0) is 41.3 Å². The van der Waals surface area contributed by atoms with E-state index in [9.17, 15) is 0 Å². The third-order valence-electron chi connectivity index (χ3n) is 4.61. The minimum atomic E-state index is 0.528. The minimum absolute atomic E-state index is 0.528. The maximum absolute atomic E-state index is 6.32. The van der Waals surface area contributed by atoms with Gasteiger partial charge in [0, 0.05) is 36.5 Å². The highest BCUT2D eigenvalue weighted by molar-refractivity contribution is 6.18. The van der Waals surface area contributed by atoms with Gasteiger partial charge in [0.1, 0.15) is 0 Å². The summed E-state index contributed by atoms with van der Waals surface area (Å²) in [5.74, 6) is 1.10. The van der Waals surface area contributed by atoms with Gasteiger partial charge in [-0.15, -0.1) is 11.6 Å². The van der Waals surface area contributed by atoms with Crippen molar-refractivity contribution >= 4 is 22.5 Å². The SMILES string of the molecule is CCN1CCc2nc3ccc(C(C)C)cc3c(CCl)c2C1. The fourth-order valence-corrected chi connectivity index (χ4v) is 3.49. The summed E-state index contributed by atoms with van der Waals surface area (Å²) in [6.45, 7) is 9.86. The largest absolute Gasteiger partial charge is 0.299 e. The second-order valence-corrected chi connectivity index (χ2v) is 6.47. The second kappa shape index (κ2) is 5.94. The molecule has 0 bridgehead atoms. The van der Waals surface area contributed by atoms with Crippen molar-refractivity contribution in [3.8, 4) is 0 Å². The van der Waals surface area contributed by atoms with Crippen LogP contribution in [0.2, 0.25) is 0 Å². The van der Waals surface area contributed by atoms with Crippen molar-refractivity contribution in [1.29, 1.82) is 0 Å². The maximum atomic E-state index is 6.32. The van der Waals surface area contributed by atoms with Gasteiger partial charge < -0.3 is 0 Å². The molecule has 1 aliphatic rings. The maximum Gasteiger partial charge on any atom is 0.0708 e. The summed E-state index contributed by atoms with van der Waals surface area (Å²) in [6.07, 6.45) is 1.04. The van der Waals surface area contributed by atoms with Crippen LogP contribution in [0.25, 0.3) is 10.9 Å². The Bertz CT molecular complexity index is 664. The van der Waals surface area contributed by atoms with E-state index in [1.807, 2.05) is 0 Å². The molecule has 2 nitrogen and oxygen atoms in total. The molecule has 0 N–H and O–H groups in total. The van der Waals surface area contributed by atoms with E-state index in [4.69, 9.17) is 16.6 Å². The number of benzene rings is 1. The molecular weight excluding hydrogens is 280 g/mol. The molecule has 2 aromatic rings. The van der Waals surface area contributed by atoms with Gasteiger partial charge in [-0.25, -0.2) is 0 Å². The summed E-state index contributed by atoms with van der Waals surface area (Å²) in [4.78, 5) is 7.38. The van der Waals surface area contributed by atoms with Crippen LogP contribution < -0.4 is 0 Å². The number of halogens is 1. The van der Waals surface area contributed by atoms with Crippen LogP contribution in [0, 0.1) is 0 Å². The molecule has 0 aliphatic carbocycles. The minimum Gasteiger partial charge on any atom is -0.299 e. The van der Waals surface area contributed by atoms with Crippen molar-refractivity contribution in [2.75, 3.05) is 13.1 Å². The Morgan fingerprint density at radius 2 is 2.14 bits per heavy atom. The molecule has 3 rings (SSSR count). The molecular formula is C18H23ClN2. The lowest BCUT2D eigenvalue weighted by atomic mass is 9.94. The molecule has 21 heavy (non-hydrogen) atoms. The van der Waals surface area contributed by atoms with Crippen molar-refractivity contribution in [2.45, 2.75) is 45.5 Å². The number of aromatic nitrogens is 1. The monoisotopic (exact) mass is 302 g/mol. The molecule has 0 radical (unpaired) electrons. The van der Waals surface area contributed by atoms with E-state index in [1.165, 1.54) is 27.8 Å². The van der Waals surface area contributed by atoms with E-state index in [0.29, 0.717) is 11.8 Å². The number of hydrogen-bond donors (Lipinski definition) is 0. The number of alkyl halides is 1. The molecule has 0 fully saturated rings. The van der Waals surface area contributed by atoms with E-state index in [-0.39, 0.29) is 0 Å². The highest BCUT2D eigenvalue weighted by atomic mass is 35.5. The van der Waals surface area contributed by atoms with Crippen LogP contribution in [0.1, 0.15) is 49.1 Å². The predicted octanol–water partition coefficient (Wildman–Crippen LogP) is 4.48. The predicted molar refractivity (Wildman–Crippen MR) is 90.0 cm³/mol. The molecule has 1 aromatic heterocycles. The average molecular weight is 303 g/mol. The Morgan fingerprint density at radius 3 is 2.81 bits per heavy atom. The van der Waals surface area contributed by atoms with E-state index in [2.05, 4.69) is 43.9 Å². The Hall–Kier alpha value is -1.12. The molecule has 112 valence electrons. The summed E-state index contributed by atoms with van der Waals surface area (Å²) in [7, 11) is 0. The number of rotatable bonds is 3. The fraction of sp³-hybridized carbons (Fsp3) is 0.500. The second-order valence-electron chi connectivity index (χ2n) is 6.20. The summed E-state index contributed by atoms with van der Waals surface area (Å²) in [5.41, 5.74) is 6.36. The quantitative estimate of drug-likeness (QED) is 0.777. The lowest BCUT2D eigenvalue weighted by molar-refractivity contribution is 0.265. The Balaban J connectivity index is 2.20. The van der Waals surface area contributed by atoms with Gasteiger partial charge in [-0.2, -0.15) is 0 Å². The average Bonchev–Trinajstić information content (AvgIpc) is 2.51. The van der Waals surface area contributed by atoms with Crippen molar-refractivity contribution < 1.29 is 0 Å². The molecule has 1 aliphatic heterocycles. The zero-order valence-corrected chi connectivity index (χ0v) is 13.9. The Kier molecular flexibility index (Phi) is 4.19. The summed E-state index contributed by atoms with van der Waals surface area (Å²) in [6, 6.07) is 6.65. The number of likely N-dealkylation sites (N-methyl/N-ethyl adjacent to an activating group) is 1. The Morgan fingerprint density at radius 1 is 1.33 bits per heavy atom. The van der Waals surface area contributed by atoms with Crippen LogP contribution in [0.15, 0.2) is 18.2 Å². The molecule has 0 amide bonds. The molecule has 3 heteroatoms. The van der Waals surface area contributed by atoms with Crippen LogP contribution in [-0.4, -0.2) is 23.0 Å². The summed E-state index contributed by atoms with van der Waals surface area (Å²) in [5, 5.41) is 1.24. The number of hydrogen-bond acceptors (Lipinski definition) is 2. The van der Waals surface area contributed by atoms with Gasteiger partial charge in [-0.1, -0.05) is 26.8 Å². The molecule has 0 spiro atoms. The highest BCUT2D eigenvalue weighted by Crippen LogP contribution is 2.31. The fourth-order valence-electron chi connectivity index (χ4n) is 3.18. The zero-order chi connectivity index (χ0) is 15.0. The lowest BCUT2D eigenvalue weighted by Crippen LogP contribution is -2.31. The first kappa shape index (κ1) is 14.8. The van der Waals surface area contributed by atoms with Crippen molar-refractivity contribution in [3.05, 3.63) is 40.6 Å². The van der Waals surface area contributed by atoms with E-state index >= 15 is 0 Å². The molecule has 2 heterocycles. The first-order chi connectivity index (χ1) is 10.1. The van der Waals surface area contributed by atoms with Crippen LogP contribution in [-0.2, 0) is 18.8 Å². The normalized spacial score (nSPS) is 15.7. The summed E-state index contributed by atoms with van der Waals surface area (Å²) >= 11 is 6.32. The zero-order valence-electron chi connectivity index (χ0n) is 13.1. The molecule has 0 unspecified atom stereocenters. The molecule has 0 saturated carbocycles. The Labute approximate surface area is 132 Å². The van der Waals surface area contributed by atoms with Gasteiger partial charge in [0.25, 0.3) is 0 Å². The van der Waals surface area contributed by atoms with Crippen LogP contribution in [0.3, 0.4) is 0 Å². The van der Waals surface area contributed by atoms with Gasteiger partial charge in [0.2, 0.25) is 0 Å². The third kappa shape index (κ3) is 2.67. The highest BCUT2D eigenvalue weighted by Gasteiger charge is 2.21. The number of nitrogens with zero attached hydrogens (tertiary/aromatic N) is 2. The third-order valence-corrected chi connectivity index (χ3v) is 4.88. The molecule has 0 atom stereocenters. The van der Waals surface area contributed by atoms with Crippen molar-refractivity contribution in [3.63, 3.8) is 0 Å². The van der Waals surface area contributed by atoms with Gasteiger partial charge in [0.05, 0.1) is 5.52 Å². The van der Waals surface area contributed by atoms with Gasteiger partial charge in [0.15, 0.2) is 0 Å². The molecule has 1 aromatic carbocycles. The van der Waals surface area contributed by atoms with Crippen LogP contribution in [0.5, 0.6) is 0 Å².